The Morgan fingerprint density at radius 3 is 2.13 bits per heavy atom. The second kappa shape index (κ2) is 9.92. The van der Waals surface area contributed by atoms with Crippen molar-refractivity contribution in [2.45, 2.75) is 18.9 Å². The number of thiazole rings is 1. The van der Waals surface area contributed by atoms with Gasteiger partial charge in [-0.3, -0.25) is 14.6 Å². The number of aromatic hydroxyl groups is 1. The monoisotopic (exact) mass is 443 g/mol. The standard InChI is InChI=1S/C21H21N3O6S/c22-11-18(25)23-16(20(27)28)9-12-1-5-14(6-2-12)30-15-7-3-13(4-8-15)10-17-19(26)24-21(29)31-17/h1-8,16,26H,9-11,22H2,(H,23,25)(H,24,29)(H,27,28). The van der Waals surface area contributed by atoms with Gasteiger partial charge in [0.2, 0.25) is 11.8 Å². The molecule has 31 heavy (non-hydrogen) atoms. The molecule has 3 aromatic rings. The highest BCUT2D eigenvalue weighted by molar-refractivity contribution is 7.09. The fourth-order valence-electron chi connectivity index (χ4n) is 2.85. The number of aromatic amines is 1. The molecule has 0 fully saturated rings. The molecule has 1 aromatic heterocycles. The number of nitrogens with one attached hydrogen (secondary N) is 2. The number of ether oxygens (including phenoxy) is 1. The summed E-state index contributed by atoms with van der Waals surface area (Å²) in [4.78, 5) is 36.6. The van der Waals surface area contributed by atoms with E-state index in [1.165, 1.54) is 0 Å². The number of carboxylic acid groups (broad SMARTS) is 1. The number of aromatic nitrogens is 1. The average Bonchev–Trinajstić information content (AvgIpc) is 3.06. The molecule has 0 aliphatic heterocycles. The number of nitrogens with two attached hydrogens (primary N) is 1. The Morgan fingerprint density at radius 2 is 1.65 bits per heavy atom. The van der Waals surface area contributed by atoms with E-state index >= 15 is 0 Å². The van der Waals surface area contributed by atoms with Gasteiger partial charge in [-0.2, -0.15) is 0 Å². The van der Waals surface area contributed by atoms with Gasteiger partial charge in [-0.25, -0.2) is 4.79 Å². The Balaban J connectivity index is 1.60. The van der Waals surface area contributed by atoms with Gasteiger partial charge in [-0.1, -0.05) is 35.6 Å². The predicted molar refractivity (Wildman–Crippen MR) is 115 cm³/mol. The Hall–Kier alpha value is -3.63. The number of rotatable bonds is 9. The van der Waals surface area contributed by atoms with Gasteiger partial charge in [0.05, 0.1) is 11.4 Å². The van der Waals surface area contributed by atoms with Gasteiger partial charge >= 0.3 is 10.8 Å². The van der Waals surface area contributed by atoms with Crippen molar-refractivity contribution in [1.29, 1.82) is 0 Å². The maximum atomic E-state index is 11.4. The van der Waals surface area contributed by atoms with Gasteiger partial charge in [-0.15, -0.1) is 0 Å². The molecule has 1 atom stereocenters. The summed E-state index contributed by atoms with van der Waals surface area (Å²) in [6.07, 6.45) is 0.545. The molecule has 6 N–H and O–H groups in total. The molecule has 0 saturated carbocycles. The summed E-state index contributed by atoms with van der Waals surface area (Å²) in [5, 5.41) is 21.3. The quantitative estimate of drug-likeness (QED) is 0.336. The summed E-state index contributed by atoms with van der Waals surface area (Å²) in [5.74, 6) is -0.611. The molecule has 0 spiro atoms. The van der Waals surface area contributed by atoms with Crippen LogP contribution in [-0.2, 0) is 22.4 Å². The molecule has 1 amide bonds. The average molecular weight is 443 g/mol. The first kappa shape index (κ1) is 22.1. The van der Waals surface area contributed by atoms with E-state index < -0.39 is 17.9 Å². The molecule has 3 rings (SSSR count). The first-order chi connectivity index (χ1) is 14.8. The van der Waals surface area contributed by atoms with Crippen molar-refractivity contribution in [2.24, 2.45) is 5.73 Å². The SMILES string of the molecule is NCC(=O)NC(Cc1ccc(Oc2ccc(Cc3sc(=O)[nH]c3O)cc2)cc1)C(=O)O. The van der Waals surface area contributed by atoms with Crippen LogP contribution < -0.4 is 20.7 Å². The normalized spacial score (nSPS) is 11.6. The van der Waals surface area contributed by atoms with Crippen LogP contribution in [0.3, 0.4) is 0 Å². The van der Waals surface area contributed by atoms with Crippen LogP contribution in [0.4, 0.5) is 0 Å². The van der Waals surface area contributed by atoms with Crippen molar-refractivity contribution < 1.29 is 24.5 Å². The molecule has 0 radical (unpaired) electrons. The lowest BCUT2D eigenvalue weighted by atomic mass is 10.1. The van der Waals surface area contributed by atoms with Crippen LogP contribution in [0.2, 0.25) is 0 Å². The third kappa shape index (κ3) is 6.17. The Bertz CT molecular complexity index is 1110. The fraction of sp³-hybridized carbons (Fsp3) is 0.190. The Labute approximate surface area is 181 Å². The van der Waals surface area contributed by atoms with Crippen LogP contribution in [0, 0.1) is 0 Å². The number of aliphatic carboxylic acids is 1. The molecule has 1 heterocycles. The summed E-state index contributed by atoms with van der Waals surface area (Å²) in [5.41, 5.74) is 6.85. The number of carbonyl (C=O) groups excluding carboxylic acids is 1. The van der Waals surface area contributed by atoms with Gasteiger partial charge in [0.15, 0.2) is 0 Å². The number of benzene rings is 2. The topological polar surface area (TPSA) is 155 Å². The molecule has 10 heteroatoms. The maximum absolute atomic E-state index is 11.4. The molecule has 0 aliphatic carbocycles. The van der Waals surface area contributed by atoms with Crippen LogP contribution in [0.5, 0.6) is 17.4 Å². The van der Waals surface area contributed by atoms with Crippen LogP contribution in [0.1, 0.15) is 16.0 Å². The fourth-order valence-corrected chi connectivity index (χ4v) is 3.61. The minimum atomic E-state index is -1.14. The second-order valence-electron chi connectivity index (χ2n) is 6.72. The zero-order chi connectivity index (χ0) is 22.4. The van der Waals surface area contributed by atoms with E-state index in [9.17, 15) is 24.6 Å². The van der Waals surface area contributed by atoms with Crippen molar-refractivity contribution in [3.05, 3.63) is 74.2 Å². The molecular weight excluding hydrogens is 422 g/mol. The van der Waals surface area contributed by atoms with Crippen molar-refractivity contribution >= 4 is 23.2 Å². The van der Waals surface area contributed by atoms with E-state index in [4.69, 9.17) is 10.5 Å². The number of amides is 1. The summed E-state index contributed by atoms with van der Waals surface area (Å²) in [7, 11) is 0. The zero-order valence-electron chi connectivity index (χ0n) is 16.3. The van der Waals surface area contributed by atoms with E-state index in [1.807, 2.05) is 12.1 Å². The largest absolute Gasteiger partial charge is 0.494 e. The minimum absolute atomic E-state index is 0.108. The second-order valence-corrected chi connectivity index (χ2v) is 7.79. The third-order valence-electron chi connectivity index (χ3n) is 4.41. The van der Waals surface area contributed by atoms with Gasteiger partial charge in [0, 0.05) is 12.8 Å². The van der Waals surface area contributed by atoms with Crippen molar-refractivity contribution in [3.8, 4) is 17.4 Å². The van der Waals surface area contributed by atoms with E-state index in [0.29, 0.717) is 22.8 Å². The van der Waals surface area contributed by atoms with E-state index in [1.54, 1.807) is 36.4 Å². The minimum Gasteiger partial charge on any atom is -0.494 e. The first-order valence-corrected chi connectivity index (χ1v) is 10.1. The van der Waals surface area contributed by atoms with Crippen LogP contribution in [0.25, 0.3) is 0 Å². The van der Waals surface area contributed by atoms with E-state index in [-0.39, 0.29) is 23.7 Å². The van der Waals surface area contributed by atoms with Gasteiger partial charge < -0.3 is 26.0 Å². The molecule has 0 bridgehead atoms. The highest BCUT2D eigenvalue weighted by Gasteiger charge is 2.19. The van der Waals surface area contributed by atoms with Gasteiger partial charge in [0.1, 0.15) is 17.5 Å². The van der Waals surface area contributed by atoms with Crippen molar-refractivity contribution in [2.75, 3.05) is 6.54 Å². The summed E-state index contributed by atoms with van der Waals surface area (Å²) in [6.45, 7) is -0.276. The van der Waals surface area contributed by atoms with Gasteiger partial charge in [-0.05, 0) is 35.4 Å². The third-order valence-corrected chi connectivity index (χ3v) is 5.28. The smallest absolute Gasteiger partial charge is 0.326 e. The number of H-pyrrole nitrogens is 1. The summed E-state index contributed by atoms with van der Waals surface area (Å²) in [6, 6.07) is 13.0. The zero-order valence-corrected chi connectivity index (χ0v) is 17.1. The van der Waals surface area contributed by atoms with Crippen LogP contribution >= 0.6 is 11.3 Å². The molecule has 0 saturated heterocycles. The van der Waals surface area contributed by atoms with Crippen LogP contribution in [-0.4, -0.2) is 39.7 Å². The molecule has 2 aromatic carbocycles. The van der Waals surface area contributed by atoms with Crippen molar-refractivity contribution in [3.63, 3.8) is 0 Å². The Kier molecular flexibility index (Phi) is 7.06. The molecular formula is C21H21N3O6S. The van der Waals surface area contributed by atoms with E-state index in [2.05, 4.69) is 10.3 Å². The highest BCUT2D eigenvalue weighted by atomic mass is 32.1. The lowest BCUT2D eigenvalue weighted by Gasteiger charge is -2.14. The molecule has 9 nitrogen and oxygen atoms in total. The van der Waals surface area contributed by atoms with Crippen LogP contribution in [0.15, 0.2) is 53.3 Å². The summed E-state index contributed by atoms with van der Waals surface area (Å²) >= 11 is 0.969. The van der Waals surface area contributed by atoms with E-state index in [0.717, 1.165) is 22.5 Å². The lowest BCUT2D eigenvalue weighted by molar-refractivity contribution is -0.141. The van der Waals surface area contributed by atoms with Crippen molar-refractivity contribution in [1.82, 2.24) is 10.3 Å². The first-order valence-electron chi connectivity index (χ1n) is 9.33. The predicted octanol–water partition coefficient (Wildman–Crippen LogP) is 1.60. The maximum Gasteiger partial charge on any atom is 0.326 e. The molecule has 1 unspecified atom stereocenters. The molecule has 162 valence electrons. The Morgan fingerprint density at radius 1 is 1.06 bits per heavy atom. The molecule has 0 aliphatic rings. The highest BCUT2D eigenvalue weighted by Crippen LogP contribution is 2.25. The lowest BCUT2D eigenvalue weighted by Crippen LogP contribution is -2.44. The number of hydrogen-bond donors (Lipinski definition) is 5. The number of hydrogen-bond acceptors (Lipinski definition) is 7. The number of carboxylic acids is 1. The van der Waals surface area contributed by atoms with Gasteiger partial charge in [0.25, 0.3) is 0 Å². The number of carbonyl (C=O) groups is 2. The summed E-state index contributed by atoms with van der Waals surface area (Å²) < 4.78 is 5.80.